The Morgan fingerprint density at radius 2 is 2.00 bits per heavy atom. The van der Waals surface area contributed by atoms with Crippen LogP contribution in [0.5, 0.6) is 11.5 Å². The van der Waals surface area contributed by atoms with Crippen molar-refractivity contribution in [2.24, 2.45) is 7.05 Å². The van der Waals surface area contributed by atoms with Crippen molar-refractivity contribution in [3.05, 3.63) is 41.9 Å². The van der Waals surface area contributed by atoms with Crippen LogP contribution in [0.15, 0.2) is 40.0 Å². The number of aryl methyl sites for hydroxylation is 1. The smallest absolute Gasteiger partial charge is 0.240 e. The Kier molecular flexibility index (Phi) is 6.19. The number of carbonyl (C=O) groups excluding carboxylic acids is 1. The van der Waals surface area contributed by atoms with Gasteiger partial charge in [0.2, 0.25) is 11.8 Å². The molecule has 0 aliphatic heterocycles. The van der Waals surface area contributed by atoms with Crippen molar-refractivity contribution < 1.29 is 18.8 Å². The topological polar surface area (TPSA) is 104 Å². The molecule has 1 aromatic carbocycles. The average molecular weight is 403 g/mol. The van der Waals surface area contributed by atoms with E-state index < -0.39 is 5.25 Å². The molecule has 0 spiro atoms. The summed E-state index contributed by atoms with van der Waals surface area (Å²) in [5, 5.41) is 14.9. The molecule has 148 valence electrons. The lowest BCUT2D eigenvalue weighted by molar-refractivity contribution is -0.115. The van der Waals surface area contributed by atoms with Crippen LogP contribution >= 0.6 is 11.8 Å². The number of methoxy groups -OCH3 is 1. The third kappa shape index (κ3) is 4.83. The molecule has 1 N–H and O–H groups in total. The van der Waals surface area contributed by atoms with Crippen LogP contribution < -0.4 is 14.8 Å². The van der Waals surface area contributed by atoms with Crippen molar-refractivity contribution in [1.82, 2.24) is 19.9 Å². The lowest BCUT2D eigenvalue weighted by atomic mass is 10.3. The fourth-order valence-corrected chi connectivity index (χ4v) is 3.08. The Bertz CT molecular complexity index is 938. The van der Waals surface area contributed by atoms with Crippen molar-refractivity contribution >= 4 is 23.6 Å². The lowest BCUT2D eigenvalue weighted by Gasteiger charge is -2.10. The normalized spacial score (nSPS) is 11.9. The van der Waals surface area contributed by atoms with Gasteiger partial charge in [0, 0.05) is 13.1 Å². The van der Waals surface area contributed by atoms with Crippen LogP contribution in [-0.2, 0) is 18.4 Å². The molecule has 2 heterocycles. The Morgan fingerprint density at radius 3 is 2.64 bits per heavy atom. The molecular weight excluding hydrogens is 382 g/mol. The van der Waals surface area contributed by atoms with Gasteiger partial charge >= 0.3 is 0 Å². The summed E-state index contributed by atoms with van der Waals surface area (Å²) in [5.74, 6) is 2.23. The van der Waals surface area contributed by atoms with E-state index in [1.165, 1.54) is 11.8 Å². The molecule has 0 bridgehead atoms. The van der Waals surface area contributed by atoms with Crippen molar-refractivity contribution in [3.8, 4) is 11.5 Å². The maximum absolute atomic E-state index is 12.3. The van der Waals surface area contributed by atoms with Gasteiger partial charge in [-0.2, -0.15) is 0 Å². The molecule has 2 aromatic heterocycles. The van der Waals surface area contributed by atoms with Crippen molar-refractivity contribution in [2.45, 2.75) is 30.9 Å². The minimum atomic E-state index is -0.399. The fraction of sp³-hybridized carbons (Fsp3) is 0.333. The van der Waals surface area contributed by atoms with E-state index >= 15 is 0 Å². The largest absolute Gasteiger partial charge is 0.497 e. The quantitative estimate of drug-likeness (QED) is 0.573. The predicted octanol–water partition coefficient (Wildman–Crippen LogP) is 2.82. The summed E-state index contributed by atoms with van der Waals surface area (Å²) in [4.78, 5) is 12.3. The molecule has 0 saturated carbocycles. The maximum Gasteiger partial charge on any atom is 0.240 e. The Balaban J connectivity index is 1.56. The Hall–Kier alpha value is -3.01. The van der Waals surface area contributed by atoms with E-state index in [9.17, 15) is 4.79 Å². The number of thioether (sulfide) groups is 1. The van der Waals surface area contributed by atoms with Crippen LogP contribution in [0.4, 0.5) is 5.88 Å². The number of nitrogens with one attached hydrogen (secondary N) is 1. The summed E-state index contributed by atoms with van der Waals surface area (Å²) in [5.41, 5.74) is 0.699. The molecule has 0 saturated heterocycles. The number of amides is 1. The second-order valence-electron chi connectivity index (χ2n) is 6.00. The predicted molar refractivity (Wildman–Crippen MR) is 104 cm³/mol. The third-order valence-electron chi connectivity index (χ3n) is 3.88. The zero-order valence-corrected chi connectivity index (χ0v) is 16.8. The first-order valence-corrected chi connectivity index (χ1v) is 9.40. The summed E-state index contributed by atoms with van der Waals surface area (Å²) < 4.78 is 17.7. The first-order valence-electron chi connectivity index (χ1n) is 8.52. The SMILES string of the molecule is COc1ccc(OCc2nnc(S[C@H](C)C(=O)Nc3cc(C)no3)n2C)cc1. The van der Waals surface area contributed by atoms with E-state index in [1.807, 2.05) is 31.3 Å². The number of aromatic nitrogens is 4. The highest BCUT2D eigenvalue weighted by molar-refractivity contribution is 8.00. The number of hydrogen-bond acceptors (Lipinski definition) is 8. The van der Waals surface area contributed by atoms with Crippen LogP contribution in [0, 0.1) is 6.92 Å². The van der Waals surface area contributed by atoms with Gasteiger partial charge in [0.15, 0.2) is 11.0 Å². The molecule has 0 aliphatic carbocycles. The fourth-order valence-electron chi connectivity index (χ4n) is 2.25. The molecule has 10 heteroatoms. The van der Waals surface area contributed by atoms with Gasteiger partial charge in [0.1, 0.15) is 18.1 Å². The molecule has 0 aliphatic rings. The molecule has 0 radical (unpaired) electrons. The monoisotopic (exact) mass is 403 g/mol. The minimum Gasteiger partial charge on any atom is -0.497 e. The Morgan fingerprint density at radius 1 is 1.29 bits per heavy atom. The van der Waals surface area contributed by atoms with Crippen LogP contribution in [0.3, 0.4) is 0 Å². The zero-order valence-electron chi connectivity index (χ0n) is 16.0. The Labute approximate surface area is 166 Å². The molecule has 1 amide bonds. The number of carbonyl (C=O) groups is 1. The second-order valence-corrected chi connectivity index (χ2v) is 7.31. The van der Waals surface area contributed by atoms with Crippen LogP contribution in [0.2, 0.25) is 0 Å². The van der Waals surface area contributed by atoms with Gasteiger partial charge in [0.05, 0.1) is 18.1 Å². The molecule has 3 rings (SSSR count). The average Bonchev–Trinajstić information content (AvgIpc) is 3.26. The van der Waals surface area contributed by atoms with Crippen molar-refractivity contribution in [2.75, 3.05) is 12.4 Å². The van der Waals surface area contributed by atoms with Crippen LogP contribution in [-0.4, -0.2) is 38.2 Å². The van der Waals surface area contributed by atoms with Gasteiger partial charge in [-0.3, -0.25) is 10.1 Å². The van der Waals surface area contributed by atoms with Gasteiger partial charge in [-0.1, -0.05) is 16.9 Å². The van der Waals surface area contributed by atoms with Gasteiger partial charge in [0.25, 0.3) is 0 Å². The summed E-state index contributed by atoms with van der Waals surface area (Å²) >= 11 is 1.29. The van der Waals surface area contributed by atoms with E-state index in [4.69, 9.17) is 14.0 Å². The highest BCUT2D eigenvalue weighted by Crippen LogP contribution is 2.24. The first-order chi connectivity index (χ1) is 13.5. The molecule has 3 aromatic rings. The van der Waals surface area contributed by atoms with Gasteiger partial charge < -0.3 is 18.6 Å². The first kappa shape index (κ1) is 19.7. The molecule has 9 nitrogen and oxygen atoms in total. The van der Waals surface area contributed by atoms with Gasteiger partial charge in [-0.15, -0.1) is 10.2 Å². The van der Waals surface area contributed by atoms with Gasteiger partial charge in [-0.25, -0.2) is 0 Å². The number of nitrogens with zero attached hydrogens (tertiary/aromatic N) is 4. The minimum absolute atomic E-state index is 0.208. The molecule has 28 heavy (non-hydrogen) atoms. The zero-order chi connectivity index (χ0) is 20.1. The van der Waals surface area contributed by atoms with Crippen molar-refractivity contribution in [3.63, 3.8) is 0 Å². The summed E-state index contributed by atoms with van der Waals surface area (Å²) in [6, 6.07) is 8.95. The second kappa shape index (κ2) is 8.79. The molecule has 0 unspecified atom stereocenters. The van der Waals surface area contributed by atoms with E-state index in [0.29, 0.717) is 28.3 Å². The maximum atomic E-state index is 12.3. The van der Waals surface area contributed by atoms with E-state index in [-0.39, 0.29) is 12.5 Å². The molecular formula is C18H21N5O4S. The van der Waals surface area contributed by atoms with E-state index in [0.717, 1.165) is 5.75 Å². The summed E-state index contributed by atoms with van der Waals surface area (Å²) in [7, 11) is 3.45. The number of benzene rings is 1. The van der Waals surface area contributed by atoms with Crippen molar-refractivity contribution in [1.29, 1.82) is 0 Å². The van der Waals surface area contributed by atoms with E-state index in [1.54, 1.807) is 31.6 Å². The number of ether oxygens (including phenoxy) is 2. The number of anilines is 1. The summed E-state index contributed by atoms with van der Waals surface area (Å²) in [6.45, 7) is 3.83. The summed E-state index contributed by atoms with van der Waals surface area (Å²) in [6.07, 6.45) is 0. The van der Waals surface area contributed by atoms with Gasteiger partial charge in [-0.05, 0) is 38.1 Å². The highest BCUT2D eigenvalue weighted by Gasteiger charge is 2.20. The van der Waals surface area contributed by atoms with Crippen LogP contribution in [0.1, 0.15) is 18.4 Å². The number of hydrogen-bond donors (Lipinski definition) is 1. The van der Waals surface area contributed by atoms with Crippen LogP contribution in [0.25, 0.3) is 0 Å². The highest BCUT2D eigenvalue weighted by atomic mass is 32.2. The number of rotatable bonds is 8. The third-order valence-corrected chi connectivity index (χ3v) is 5.01. The standard InChI is InChI=1S/C18H21N5O4S/c1-11-9-16(27-22-11)19-17(24)12(2)28-18-21-20-15(23(18)3)10-26-14-7-5-13(25-4)6-8-14/h5-9,12H,10H2,1-4H3,(H,19,24)/t12-/m1/s1. The molecule has 0 fully saturated rings. The molecule has 1 atom stereocenters. The van der Waals surface area contributed by atoms with E-state index in [2.05, 4.69) is 20.7 Å². The lowest BCUT2D eigenvalue weighted by Crippen LogP contribution is -2.22.